The number of carbonyl (C=O) groups excluding carboxylic acids is 3. The Kier molecular flexibility index (Phi) is 5.04. The Bertz CT molecular complexity index is 886. The minimum Gasteiger partial charge on any atom is -0.368 e. The molecule has 0 bridgehead atoms. The van der Waals surface area contributed by atoms with Crippen molar-refractivity contribution in [2.45, 2.75) is 38.1 Å². The maximum atomic E-state index is 12.7. The fourth-order valence-electron chi connectivity index (χ4n) is 4.25. The topological polar surface area (TPSA) is 122 Å². The molecule has 9 nitrogen and oxygen atoms in total. The van der Waals surface area contributed by atoms with Crippen molar-refractivity contribution < 1.29 is 19.3 Å². The van der Waals surface area contributed by atoms with Gasteiger partial charge < -0.3 is 10.6 Å². The number of benzene rings is 1. The molecule has 1 aromatic rings. The Morgan fingerprint density at radius 3 is 2.41 bits per heavy atom. The number of rotatable bonds is 4. The zero-order chi connectivity index (χ0) is 20.5. The van der Waals surface area contributed by atoms with Gasteiger partial charge in [0.25, 0.3) is 5.69 Å². The van der Waals surface area contributed by atoms with Crippen LogP contribution in [0.2, 0.25) is 0 Å². The summed E-state index contributed by atoms with van der Waals surface area (Å²) in [7, 11) is 0. The van der Waals surface area contributed by atoms with E-state index in [9.17, 15) is 24.5 Å². The Morgan fingerprint density at radius 2 is 1.76 bits per heavy atom. The highest BCUT2D eigenvalue weighted by molar-refractivity contribution is 6.22. The first-order valence-electron chi connectivity index (χ1n) is 9.83. The van der Waals surface area contributed by atoms with Gasteiger partial charge >= 0.3 is 0 Å². The molecule has 0 saturated carbocycles. The molecule has 0 unspecified atom stereocenters. The minimum absolute atomic E-state index is 0.192. The van der Waals surface area contributed by atoms with Gasteiger partial charge in [0.05, 0.1) is 22.4 Å². The van der Waals surface area contributed by atoms with E-state index >= 15 is 0 Å². The molecule has 3 amide bonds. The van der Waals surface area contributed by atoms with Gasteiger partial charge in [-0.3, -0.25) is 24.5 Å². The molecule has 0 aromatic heterocycles. The fraction of sp³-hybridized carbons (Fsp3) is 0.450. The standard InChI is InChI=1S/C20H22N4O5/c25-18-16(7-3-4-10-21-18)22-15-9-8-12(11-17(15)24(28)29)23-19(26)13-5-1-2-6-14(13)20(23)27/h1-2,8-9,11,13-14,16,22H,3-7,10H2,(H,21,25)/t13-,14-,16-/m0/s1. The summed E-state index contributed by atoms with van der Waals surface area (Å²) < 4.78 is 0. The Morgan fingerprint density at radius 1 is 1.07 bits per heavy atom. The van der Waals surface area contributed by atoms with E-state index in [2.05, 4.69) is 10.6 Å². The van der Waals surface area contributed by atoms with E-state index in [1.165, 1.54) is 18.2 Å². The molecule has 1 aromatic carbocycles. The van der Waals surface area contributed by atoms with Crippen LogP contribution in [0.5, 0.6) is 0 Å². The molecule has 2 heterocycles. The average Bonchev–Trinajstić information content (AvgIpc) is 2.83. The third-order valence-electron chi connectivity index (χ3n) is 5.81. The van der Waals surface area contributed by atoms with Crippen molar-refractivity contribution in [3.05, 3.63) is 40.5 Å². The van der Waals surface area contributed by atoms with Gasteiger partial charge in [0, 0.05) is 12.6 Å². The lowest BCUT2D eigenvalue weighted by Crippen LogP contribution is -2.38. The molecule has 0 spiro atoms. The Labute approximate surface area is 167 Å². The van der Waals surface area contributed by atoms with E-state index in [4.69, 9.17) is 0 Å². The molecule has 9 heteroatoms. The molecule has 4 rings (SSSR count). The highest BCUT2D eigenvalue weighted by Gasteiger charge is 2.48. The minimum atomic E-state index is -0.569. The normalized spacial score (nSPS) is 26.7. The lowest BCUT2D eigenvalue weighted by atomic mass is 9.85. The number of fused-ring (bicyclic) bond motifs is 1. The van der Waals surface area contributed by atoms with Crippen LogP contribution in [0.15, 0.2) is 30.4 Å². The SMILES string of the molecule is O=C1NCCCC[C@@H]1Nc1ccc(N2C(=O)[C@H]3CC=CC[C@@H]3C2=O)cc1[N+](=O)[O-]. The number of hydrogen-bond donors (Lipinski definition) is 2. The maximum absolute atomic E-state index is 12.7. The number of nitro benzene ring substituents is 1. The van der Waals surface area contributed by atoms with Crippen molar-refractivity contribution in [1.82, 2.24) is 5.32 Å². The van der Waals surface area contributed by atoms with Crippen LogP contribution in [0.3, 0.4) is 0 Å². The van der Waals surface area contributed by atoms with Crippen LogP contribution in [0, 0.1) is 22.0 Å². The third kappa shape index (κ3) is 3.48. The summed E-state index contributed by atoms with van der Waals surface area (Å²) in [6.07, 6.45) is 7.06. The first-order valence-corrected chi connectivity index (χ1v) is 9.83. The van der Waals surface area contributed by atoms with Crippen LogP contribution in [0.25, 0.3) is 0 Å². The van der Waals surface area contributed by atoms with Crippen LogP contribution >= 0.6 is 0 Å². The van der Waals surface area contributed by atoms with Gasteiger partial charge in [0.2, 0.25) is 17.7 Å². The number of imide groups is 1. The number of hydrogen-bond acceptors (Lipinski definition) is 6. The van der Waals surface area contributed by atoms with Crippen molar-refractivity contribution in [2.24, 2.45) is 11.8 Å². The van der Waals surface area contributed by atoms with Gasteiger partial charge in [-0.15, -0.1) is 0 Å². The predicted molar refractivity (Wildman–Crippen MR) is 105 cm³/mol. The van der Waals surface area contributed by atoms with Crippen LogP contribution in [-0.4, -0.2) is 35.2 Å². The quantitative estimate of drug-likeness (QED) is 0.347. The van der Waals surface area contributed by atoms with Crippen molar-refractivity contribution in [3.8, 4) is 0 Å². The summed E-state index contributed by atoms with van der Waals surface area (Å²) in [5.41, 5.74) is 0.115. The van der Waals surface area contributed by atoms with E-state index in [1.807, 2.05) is 12.2 Å². The second-order valence-corrected chi connectivity index (χ2v) is 7.61. The first kappa shape index (κ1) is 19.1. The van der Waals surface area contributed by atoms with Crippen LogP contribution < -0.4 is 15.5 Å². The maximum Gasteiger partial charge on any atom is 0.294 e. The van der Waals surface area contributed by atoms with E-state index < -0.39 is 22.8 Å². The average molecular weight is 398 g/mol. The zero-order valence-corrected chi connectivity index (χ0v) is 15.8. The van der Waals surface area contributed by atoms with Crippen LogP contribution in [0.4, 0.5) is 17.1 Å². The van der Waals surface area contributed by atoms with Crippen LogP contribution in [-0.2, 0) is 14.4 Å². The summed E-state index contributed by atoms with van der Waals surface area (Å²) in [5.74, 6) is -1.63. The molecule has 2 saturated heterocycles. The number of allylic oxidation sites excluding steroid dienone is 2. The van der Waals surface area contributed by atoms with E-state index in [0.29, 0.717) is 25.8 Å². The largest absolute Gasteiger partial charge is 0.368 e. The first-order chi connectivity index (χ1) is 14.0. The van der Waals surface area contributed by atoms with E-state index in [0.717, 1.165) is 17.7 Å². The Hall–Kier alpha value is -3.23. The molecule has 2 aliphatic heterocycles. The molecule has 2 fully saturated rings. The summed E-state index contributed by atoms with van der Waals surface area (Å²) in [6, 6.07) is 3.65. The summed E-state index contributed by atoms with van der Waals surface area (Å²) in [4.78, 5) is 49.8. The molecule has 0 radical (unpaired) electrons. The molecule has 3 atom stereocenters. The highest BCUT2D eigenvalue weighted by Crippen LogP contribution is 2.39. The van der Waals surface area contributed by atoms with Crippen molar-refractivity contribution >= 4 is 34.8 Å². The molecular formula is C20H22N4O5. The van der Waals surface area contributed by atoms with Gasteiger partial charge in [-0.1, -0.05) is 12.2 Å². The smallest absolute Gasteiger partial charge is 0.294 e. The molecule has 1 aliphatic carbocycles. The predicted octanol–water partition coefficient (Wildman–Crippen LogP) is 2.13. The monoisotopic (exact) mass is 398 g/mol. The molecule has 2 N–H and O–H groups in total. The van der Waals surface area contributed by atoms with Crippen molar-refractivity contribution in [1.29, 1.82) is 0 Å². The fourth-order valence-corrected chi connectivity index (χ4v) is 4.25. The van der Waals surface area contributed by atoms with Crippen molar-refractivity contribution in [2.75, 3.05) is 16.8 Å². The highest BCUT2D eigenvalue weighted by atomic mass is 16.6. The summed E-state index contributed by atoms with van der Waals surface area (Å²) >= 11 is 0. The molecule has 152 valence electrons. The van der Waals surface area contributed by atoms with Crippen LogP contribution in [0.1, 0.15) is 32.1 Å². The van der Waals surface area contributed by atoms with Gasteiger partial charge in [0.1, 0.15) is 11.7 Å². The van der Waals surface area contributed by atoms with E-state index in [-0.39, 0.29) is 34.8 Å². The van der Waals surface area contributed by atoms with Crippen molar-refractivity contribution in [3.63, 3.8) is 0 Å². The van der Waals surface area contributed by atoms with Gasteiger partial charge in [-0.2, -0.15) is 0 Å². The second-order valence-electron chi connectivity index (χ2n) is 7.61. The molecule has 29 heavy (non-hydrogen) atoms. The van der Waals surface area contributed by atoms with Gasteiger partial charge in [-0.25, -0.2) is 4.90 Å². The lowest BCUT2D eigenvalue weighted by molar-refractivity contribution is -0.383. The molecule has 3 aliphatic rings. The van der Waals surface area contributed by atoms with Gasteiger partial charge in [0.15, 0.2) is 0 Å². The Balaban J connectivity index is 1.63. The lowest BCUT2D eigenvalue weighted by Gasteiger charge is -2.19. The van der Waals surface area contributed by atoms with Gasteiger partial charge in [-0.05, 0) is 44.2 Å². The summed E-state index contributed by atoms with van der Waals surface area (Å²) in [5, 5.41) is 17.4. The summed E-state index contributed by atoms with van der Waals surface area (Å²) in [6.45, 7) is 0.592. The van der Waals surface area contributed by atoms with E-state index in [1.54, 1.807) is 0 Å². The number of amides is 3. The number of nitrogens with one attached hydrogen (secondary N) is 2. The number of nitrogens with zero attached hydrogens (tertiary/aromatic N) is 2. The third-order valence-corrected chi connectivity index (χ3v) is 5.81. The molecular weight excluding hydrogens is 376 g/mol. The number of nitro groups is 1. The zero-order valence-electron chi connectivity index (χ0n) is 15.8. The number of anilines is 2. The second kappa shape index (κ2) is 7.65. The number of carbonyl (C=O) groups is 3.